The van der Waals surface area contributed by atoms with Crippen molar-refractivity contribution in [3.63, 3.8) is 0 Å². The molecule has 1 rings (SSSR count). The van der Waals surface area contributed by atoms with Gasteiger partial charge in [-0.25, -0.2) is 0 Å². The molecule has 0 spiro atoms. The summed E-state index contributed by atoms with van der Waals surface area (Å²) in [4.78, 5) is 0. The van der Waals surface area contributed by atoms with Gasteiger partial charge in [0.05, 0.1) is 0 Å². The van der Waals surface area contributed by atoms with E-state index in [-0.39, 0.29) is 6.61 Å². The number of benzene rings is 1. The fourth-order valence-corrected chi connectivity index (χ4v) is 1.75. The first-order valence-electron chi connectivity index (χ1n) is 4.43. The smallest absolute Gasteiger partial charge is 0.174 e. The molecule has 0 aliphatic heterocycles. The molecule has 2 nitrogen and oxygen atoms in total. The monoisotopic (exact) mass is 253 g/mol. The van der Waals surface area contributed by atoms with Crippen LogP contribution in [0.1, 0.15) is 11.1 Å². The third-order valence-electron chi connectivity index (χ3n) is 1.94. The average Bonchev–Trinajstić information content (AvgIpc) is 2.18. The molecule has 0 bridgehead atoms. The van der Waals surface area contributed by atoms with E-state index in [1.54, 1.807) is 0 Å². The molecule has 3 heteroatoms. The van der Waals surface area contributed by atoms with Gasteiger partial charge in [0, 0.05) is 5.33 Å². The zero-order valence-electron chi connectivity index (χ0n) is 8.09. The van der Waals surface area contributed by atoms with Gasteiger partial charge in [0.15, 0.2) is 6.61 Å². The Morgan fingerprint density at radius 1 is 1.50 bits per heavy atom. The van der Waals surface area contributed by atoms with E-state index >= 15 is 0 Å². The van der Waals surface area contributed by atoms with Crippen molar-refractivity contribution in [2.75, 3.05) is 11.9 Å². The van der Waals surface area contributed by atoms with Crippen LogP contribution in [0.5, 0.6) is 5.75 Å². The minimum Gasteiger partial charge on any atom is -0.478 e. The van der Waals surface area contributed by atoms with Gasteiger partial charge in [-0.15, -0.1) is 0 Å². The Kier molecular flexibility index (Phi) is 4.48. The van der Waals surface area contributed by atoms with Crippen molar-refractivity contribution in [1.82, 2.24) is 0 Å². The molecular formula is C11H12BrNO. The summed E-state index contributed by atoms with van der Waals surface area (Å²) in [6, 6.07) is 8.00. The van der Waals surface area contributed by atoms with Crippen molar-refractivity contribution in [1.29, 1.82) is 5.26 Å². The molecule has 14 heavy (non-hydrogen) atoms. The highest BCUT2D eigenvalue weighted by molar-refractivity contribution is 9.09. The molecule has 1 aromatic rings. The lowest BCUT2D eigenvalue weighted by atomic mass is 10.1. The maximum absolute atomic E-state index is 8.45. The van der Waals surface area contributed by atoms with Crippen molar-refractivity contribution in [3.8, 4) is 11.8 Å². The van der Waals surface area contributed by atoms with E-state index in [0.717, 1.165) is 28.6 Å². The van der Waals surface area contributed by atoms with Crippen LogP contribution < -0.4 is 4.74 Å². The van der Waals surface area contributed by atoms with E-state index < -0.39 is 0 Å². The predicted octanol–water partition coefficient (Wildman–Crippen LogP) is 2.83. The maximum Gasteiger partial charge on any atom is 0.174 e. The fourth-order valence-electron chi connectivity index (χ4n) is 1.32. The summed E-state index contributed by atoms with van der Waals surface area (Å²) in [5.74, 6) is 0.855. The second-order valence-electron chi connectivity index (χ2n) is 2.95. The highest BCUT2D eigenvalue weighted by Gasteiger charge is 2.05. The largest absolute Gasteiger partial charge is 0.478 e. The molecule has 0 saturated carbocycles. The summed E-state index contributed by atoms with van der Waals surface area (Å²) in [5, 5.41) is 9.36. The first kappa shape index (κ1) is 11.1. The SMILES string of the molecule is Cc1cccc(CCBr)c1OCC#N. The molecule has 0 saturated heterocycles. The van der Waals surface area contributed by atoms with Crippen LogP contribution in [-0.4, -0.2) is 11.9 Å². The highest BCUT2D eigenvalue weighted by Crippen LogP contribution is 2.24. The summed E-state index contributed by atoms with van der Waals surface area (Å²) in [6.45, 7) is 2.10. The second kappa shape index (κ2) is 5.66. The first-order valence-corrected chi connectivity index (χ1v) is 5.56. The van der Waals surface area contributed by atoms with Gasteiger partial charge in [-0.2, -0.15) is 5.26 Å². The van der Waals surface area contributed by atoms with Crippen LogP contribution in [0.25, 0.3) is 0 Å². The van der Waals surface area contributed by atoms with Gasteiger partial charge in [0.2, 0.25) is 0 Å². The normalized spacial score (nSPS) is 9.50. The molecule has 74 valence electrons. The van der Waals surface area contributed by atoms with Gasteiger partial charge in [0.25, 0.3) is 0 Å². The zero-order chi connectivity index (χ0) is 10.4. The molecule has 0 aromatic heterocycles. The number of ether oxygens (including phenoxy) is 1. The third kappa shape index (κ3) is 2.74. The molecule has 0 amide bonds. The minimum atomic E-state index is 0.111. The number of rotatable bonds is 4. The number of alkyl halides is 1. The molecule has 0 N–H and O–H groups in total. The van der Waals surface area contributed by atoms with E-state index in [9.17, 15) is 0 Å². The van der Waals surface area contributed by atoms with E-state index in [4.69, 9.17) is 10.00 Å². The zero-order valence-corrected chi connectivity index (χ0v) is 9.67. The molecule has 1 aromatic carbocycles. The van der Waals surface area contributed by atoms with Crippen molar-refractivity contribution in [3.05, 3.63) is 29.3 Å². The first-order chi connectivity index (χ1) is 6.79. The van der Waals surface area contributed by atoms with Crippen LogP contribution in [0.3, 0.4) is 0 Å². The van der Waals surface area contributed by atoms with Gasteiger partial charge in [-0.05, 0) is 24.5 Å². The van der Waals surface area contributed by atoms with E-state index in [1.165, 1.54) is 0 Å². The Hall–Kier alpha value is -1.01. The van der Waals surface area contributed by atoms with Crippen LogP contribution in [0.2, 0.25) is 0 Å². The predicted molar refractivity (Wildman–Crippen MR) is 59.8 cm³/mol. The topological polar surface area (TPSA) is 33.0 Å². The van der Waals surface area contributed by atoms with Gasteiger partial charge < -0.3 is 4.74 Å². The number of halogens is 1. The van der Waals surface area contributed by atoms with E-state index in [2.05, 4.69) is 15.9 Å². The number of nitrogens with zero attached hydrogens (tertiary/aromatic N) is 1. The number of hydrogen-bond donors (Lipinski definition) is 0. The lowest BCUT2D eigenvalue weighted by Gasteiger charge is -2.10. The lowest BCUT2D eigenvalue weighted by Crippen LogP contribution is -2.00. The van der Waals surface area contributed by atoms with Crippen LogP contribution in [0, 0.1) is 18.3 Å². The Labute approximate surface area is 92.6 Å². The summed E-state index contributed by atoms with van der Waals surface area (Å²) >= 11 is 3.39. The Bertz CT molecular complexity index is 344. The van der Waals surface area contributed by atoms with E-state index in [1.807, 2.05) is 31.2 Å². The summed E-state index contributed by atoms with van der Waals surface area (Å²) < 4.78 is 5.39. The van der Waals surface area contributed by atoms with Gasteiger partial charge in [-0.3, -0.25) is 0 Å². The van der Waals surface area contributed by atoms with Crippen LogP contribution >= 0.6 is 15.9 Å². The van der Waals surface area contributed by atoms with Gasteiger partial charge in [0.1, 0.15) is 11.8 Å². The van der Waals surface area contributed by atoms with Crippen LogP contribution in [-0.2, 0) is 6.42 Å². The molecule has 0 fully saturated rings. The summed E-state index contributed by atoms with van der Waals surface area (Å²) in [7, 11) is 0. The number of para-hydroxylation sites is 1. The molecular weight excluding hydrogens is 242 g/mol. The van der Waals surface area contributed by atoms with Crippen molar-refractivity contribution >= 4 is 15.9 Å². The van der Waals surface area contributed by atoms with Crippen LogP contribution in [0.4, 0.5) is 0 Å². The average molecular weight is 254 g/mol. The van der Waals surface area contributed by atoms with Gasteiger partial charge >= 0.3 is 0 Å². The highest BCUT2D eigenvalue weighted by atomic mass is 79.9. The number of nitriles is 1. The van der Waals surface area contributed by atoms with Crippen molar-refractivity contribution in [2.24, 2.45) is 0 Å². The second-order valence-corrected chi connectivity index (χ2v) is 3.74. The Morgan fingerprint density at radius 3 is 2.93 bits per heavy atom. The summed E-state index contributed by atoms with van der Waals surface area (Å²) in [6.07, 6.45) is 0.919. The Balaban J connectivity index is 2.91. The lowest BCUT2D eigenvalue weighted by molar-refractivity contribution is 0.362. The molecule has 0 heterocycles. The quantitative estimate of drug-likeness (QED) is 0.774. The van der Waals surface area contributed by atoms with Crippen LogP contribution in [0.15, 0.2) is 18.2 Å². The third-order valence-corrected chi connectivity index (χ3v) is 2.33. The molecule has 0 aliphatic carbocycles. The Morgan fingerprint density at radius 2 is 2.29 bits per heavy atom. The maximum atomic E-state index is 8.45. The minimum absolute atomic E-state index is 0.111. The van der Waals surface area contributed by atoms with Crippen molar-refractivity contribution < 1.29 is 4.74 Å². The van der Waals surface area contributed by atoms with Gasteiger partial charge in [-0.1, -0.05) is 34.1 Å². The fraction of sp³-hybridized carbons (Fsp3) is 0.364. The summed E-state index contributed by atoms with van der Waals surface area (Å²) in [5.41, 5.74) is 2.23. The molecule has 0 unspecified atom stereocenters. The van der Waals surface area contributed by atoms with Crippen molar-refractivity contribution in [2.45, 2.75) is 13.3 Å². The van der Waals surface area contributed by atoms with E-state index in [0.29, 0.717) is 0 Å². The standard InChI is InChI=1S/C11H12BrNO/c1-9-3-2-4-10(5-6-12)11(9)14-8-7-13/h2-4H,5-6,8H2,1H3. The molecule has 0 atom stereocenters. The molecule has 0 radical (unpaired) electrons. The number of hydrogen-bond acceptors (Lipinski definition) is 2. The molecule has 0 aliphatic rings. The number of aryl methyl sites for hydroxylation is 2.